The predicted molar refractivity (Wildman–Crippen MR) is 75.5 cm³/mol. The third-order valence-electron chi connectivity index (χ3n) is 4.31. The van der Waals surface area contributed by atoms with E-state index in [4.69, 9.17) is 0 Å². The molecule has 1 fully saturated rings. The van der Waals surface area contributed by atoms with Gasteiger partial charge < -0.3 is 5.32 Å². The molecule has 1 aromatic heterocycles. The Morgan fingerprint density at radius 1 is 1.33 bits per heavy atom. The minimum Gasteiger partial charge on any atom is -0.313 e. The molecule has 1 aliphatic rings. The molecule has 2 rings (SSSR count). The van der Waals surface area contributed by atoms with E-state index < -0.39 is 0 Å². The van der Waals surface area contributed by atoms with Crippen LogP contribution in [0.25, 0.3) is 0 Å². The average Bonchev–Trinajstić information content (AvgIpc) is 2.79. The molecule has 0 spiro atoms. The summed E-state index contributed by atoms with van der Waals surface area (Å²) in [6.07, 6.45) is 9.33. The Hall–Kier alpha value is -0.830. The highest BCUT2D eigenvalue weighted by Crippen LogP contribution is 2.35. The molecular weight excluding hydrogens is 222 g/mol. The third-order valence-corrected chi connectivity index (χ3v) is 4.31. The molecule has 102 valence electrons. The summed E-state index contributed by atoms with van der Waals surface area (Å²) in [5, 5.41) is 7.95. The molecule has 3 nitrogen and oxygen atoms in total. The summed E-state index contributed by atoms with van der Waals surface area (Å²) in [7, 11) is 2.02. The molecule has 18 heavy (non-hydrogen) atoms. The second-order valence-electron chi connectivity index (χ2n) is 6.07. The maximum absolute atomic E-state index is 4.60. The Morgan fingerprint density at radius 3 is 2.56 bits per heavy atom. The van der Waals surface area contributed by atoms with Crippen LogP contribution in [0.15, 0.2) is 12.4 Å². The van der Waals surface area contributed by atoms with Crippen molar-refractivity contribution in [1.29, 1.82) is 0 Å². The Morgan fingerprint density at radius 2 is 2.00 bits per heavy atom. The van der Waals surface area contributed by atoms with Gasteiger partial charge in [-0.2, -0.15) is 5.10 Å². The van der Waals surface area contributed by atoms with Crippen molar-refractivity contribution in [2.45, 2.75) is 58.5 Å². The van der Waals surface area contributed by atoms with Gasteiger partial charge in [0.05, 0.1) is 12.2 Å². The predicted octanol–water partition coefficient (Wildman–Crippen LogP) is 3.55. The van der Waals surface area contributed by atoms with Gasteiger partial charge in [-0.3, -0.25) is 4.68 Å². The van der Waals surface area contributed by atoms with E-state index in [1.54, 1.807) is 0 Å². The lowest BCUT2D eigenvalue weighted by molar-refractivity contribution is 0.210. The number of rotatable bonds is 4. The van der Waals surface area contributed by atoms with Gasteiger partial charge in [0.15, 0.2) is 0 Å². The zero-order chi connectivity index (χ0) is 13.1. The lowest BCUT2D eigenvalue weighted by Gasteiger charge is -2.31. The average molecular weight is 249 g/mol. The van der Waals surface area contributed by atoms with Crippen LogP contribution in [-0.2, 0) is 0 Å². The van der Waals surface area contributed by atoms with Gasteiger partial charge in [-0.05, 0) is 44.6 Å². The molecule has 1 saturated carbocycles. The molecule has 3 atom stereocenters. The van der Waals surface area contributed by atoms with Crippen LogP contribution in [0.2, 0.25) is 0 Å². The van der Waals surface area contributed by atoms with E-state index in [9.17, 15) is 0 Å². The number of hydrogen-bond acceptors (Lipinski definition) is 2. The highest BCUT2D eigenvalue weighted by Gasteiger charge is 2.25. The van der Waals surface area contributed by atoms with Crippen molar-refractivity contribution in [3.05, 3.63) is 18.0 Å². The lowest BCUT2D eigenvalue weighted by Crippen LogP contribution is -2.23. The van der Waals surface area contributed by atoms with E-state index in [1.165, 1.54) is 24.8 Å². The lowest BCUT2D eigenvalue weighted by atomic mass is 9.80. The van der Waals surface area contributed by atoms with E-state index in [2.05, 4.69) is 42.1 Å². The minimum atomic E-state index is 0.442. The first-order chi connectivity index (χ1) is 8.63. The van der Waals surface area contributed by atoms with Gasteiger partial charge in [0.1, 0.15) is 0 Å². The first-order valence-corrected chi connectivity index (χ1v) is 7.35. The number of nitrogens with zero attached hydrogens (tertiary/aromatic N) is 2. The van der Waals surface area contributed by atoms with Crippen molar-refractivity contribution in [3.63, 3.8) is 0 Å². The molecule has 1 N–H and O–H groups in total. The van der Waals surface area contributed by atoms with Gasteiger partial charge in [-0.15, -0.1) is 0 Å². The quantitative estimate of drug-likeness (QED) is 0.884. The highest BCUT2D eigenvalue weighted by molar-refractivity contribution is 5.10. The van der Waals surface area contributed by atoms with Crippen molar-refractivity contribution >= 4 is 0 Å². The fraction of sp³-hybridized carbons (Fsp3) is 0.800. The van der Waals surface area contributed by atoms with Crippen LogP contribution in [0.4, 0.5) is 0 Å². The molecule has 0 bridgehead atoms. The fourth-order valence-electron chi connectivity index (χ4n) is 3.46. The van der Waals surface area contributed by atoms with E-state index in [-0.39, 0.29) is 0 Å². The number of aromatic nitrogens is 2. The normalized spacial score (nSPS) is 30.3. The maximum atomic E-state index is 4.60. The zero-order valence-electron chi connectivity index (χ0n) is 12.2. The molecule has 0 radical (unpaired) electrons. The van der Waals surface area contributed by atoms with Gasteiger partial charge >= 0.3 is 0 Å². The largest absolute Gasteiger partial charge is 0.313 e. The van der Waals surface area contributed by atoms with Crippen molar-refractivity contribution in [1.82, 2.24) is 15.1 Å². The minimum absolute atomic E-state index is 0.442. The van der Waals surface area contributed by atoms with E-state index in [1.807, 2.05) is 13.2 Å². The monoisotopic (exact) mass is 249 g/mol. The molecule has 0 aromatic carbocycles. The summed E-state index contributed by atoms with van der Waals surface area (Å²) in [5.74, 6) is 1.66. The topological polar surface area (TPSA) is 29.9 Å². The Kier molecular flexibility index (Phi) is 4.44. The van der Waals surface area contributed by atoms with Crippen LogP contribution in [0, 0.1) is 11.8 Å². The Labute approximate surface area is 111 Å². The van der Waals surface area contributed by atoms with Gasteiger partial charge in [0.2, 0.25) is 0 Å². The van der Waals surface area contributed by atoms with Crippen molar-refractivity contribution < 1.29 is 0 Å². The van der Waals surface area contributed by atoms with Gasteiger partial charge in [-0.1, -0.05) is 20.8 Å². The standard InChI is InChI=1S/C15H27N3/c1-5-15(16-4)13-9-17-18(10-13)14-7-11(2)6-12(3)8-14/h9-12,14-16H,5-8H2,1-4H3. The first-order valence-electron chi connectivity index (χ1n) is 7.35. The van der Waals surface area contributed by atoms with Crippen molar-refractivity contribution in [2.75, 3.05) is 7.05 Å². The van der Waals surface area contributed by atoms with Crippen LogP contribution in [0.5, 0.6) is 0 Å². The molecule has 3 unspecified atom stereocenters. The number of hydrogen-bond donors (Lipinski definition) is 1. The summed E-state index contributed by atoms with van der Waals surface area (Å²) >= 11 is 0. The van der Waals surface area contributed by atoms with Crippen molar-refractivity contribution in [3.8, 4) is 0 Å². The molecule has 3 heteroatoms. The van der Waals surface area contributed by atoms with E-state index in [0.717, 1.165) is 18.3 Å². The summed E-state index contributed by atoms with van der Waals surface area (Å²) in [6.45, 7) is 6.95. The third kappa shape index (κ3) is 2.94. The SMILES string of the molecule is CCC(NC)c1cnn(C2CC(C)CC(C)C2)c1. The second-order valence-corrected chi connectivity index (χ2v) is 6.07. The molecule has 0 aliphatic heterocycles. The zero-order valence-corrected chi connectivity index (χ0v) is 12.2. The van der Waals surface area contributed by atoms with Crippen LogP contribution in [-0.4, -0.2) is 16.8 Å². The Bertz CT molecular complexity index is 358. The summed E-state index contributed by atoms with van der Waals surface area (Å²) in [4.78, 5) is 0. The second kappa shape index (κ2) is 5.87. The summed E-state index contributed by atoms with van der Waals surface area (Å²) in [6, 6.07) is 1.05. The maximum Gasteiger partial charge on any atom is 0.0537 e. The highest BCUT2D eigenvalue weighted by atomic mass is 15.3. The van der Waals surface area contributed by atoms with Crippen LogP contribution in [0.3, 0.4) is 0 Å². The summed E-state index contributed by atoms with van der Waals surface area (Å²) in [5.41, 5.74) is 1.32. The van der Waals surface area contributed by atoms with Gasteiger partial charge in [0, 0.05) is 17.8 Å². The molecule has 1 aromatic rings. The molecule has 1 heterocycles. The molecule has 1 aliphatic carbocycles. The Balaban J connectivity index is 2.09. The molecule has 0 amide bonds. The van der Waals surface area contributed by atoms with E-state index in [0.29, 0.717) is 12.1 Å². The first kappa shape index (κ1) is 13.6. The number of nitrogens with one attached hydrogen (secondary N) is 1. The van der Waals surface area contributed by atoms with E-state index >= 15 is 0 Å². The summed E-state index contributed by atoms with van der Waals surface area (Å²) < 4.78 is 2.21. The van der Waals surface area contributed by atoms with Gasteiger partial charge in [0.25, 0.3) is 0 Å². The molecule has 0 saturated heterocycles. The fourth-order valence-corrected chi connectivity index (χ4v) is 3.46. The smallest absolute Gasteiger partial charge is 0.0537 e. The van der Waals surface area contributed by atoms with Crippen LogP contribution < -0.4 is 5.32 Å². The van der Waals surface area contributed by atoms with Gasteiger partial charge in [-0.25, -0.2) is 0 Å². The van der Waals surface area contributed by atoms with Crippen molar-refractivity contribution in [2.24, 2.45) is 11.8 Å². The molecular formula is C15H27N3. The van der Waals surface area contributed by atoms with Crippen LogP contribution in [0.1, 0.15) is 64.1 Å². The van der Waals surface area contributed by atoms with Crippen LogP contribution >= 0.6 is 0 Å².